The number of hydrogen-bond acceptors (Lipinski definition) is 6. The maximum atomic E-state index is 13.0. The molecule has 0 saturated heterocycles. The highest BCUT2D eigenvalue weighted by atomic mass is 19.1. The fourth-order valence-corrected chi connectivity index (χ4v) is 2.69. The SMILES string of the molecule is Cc1ccc(Cc2cnc(NCCCNc3ncc(F)cc3C)[nH]c2=O)cn1. The molecule has 3 N–H and O–H groups in total. The zero-order valence-electron chi connectivity index (χ0n) is 15.9. The molecule has 7 nitrogen and oxygen atoms in total. The number of aromatic amines is 1. The van der Waals surface area contributed by atoms with E-state index in [4.69, 9.17) is 0 Å². The summed E-state index contributed by atoms with van der Waals surface area (Å²) in [5.74, 6) is 0.761. The lowest BCUT2D eigenvalue weighted by Gasteiger charge is -2.09. The number of aromatic nitrogens is 4. The van der Waals surface area contributed by atoms with Gasteiger partial charge in [0.05, 0.1) is 6.20 Å². The van der Waals surface area contributed by atoms with Crippen molar-refractivity contribution in [3.63, 3.8) is 0 Å². The molecular formula is C20H23FN6O. The third kappa shape index (κ3) is 5.35. The van der Waals surface area contributed by atoms with Crippen molar-refractivity contribution in [2.24, 2.45) is 0 Å². The Morgan fingerprint density at radius 3 is 2.57 bits per heavy atom. The molecule has 0 unspecified atom stereocenters. The summed E-state index contributed by atoms with van der Waals surface area (Å²) in [6.07, 6.45) is 5.82. The maximum Gasteiger partial charge on any atom is 0.255 e. The molecule has 0 saturated carbocycles. The van der Waals surface area contributed by atoms with Crippen LogP contribution < -0.4 is 16.2 Å². The van der Waals surface area contributed by atoms with E-state index in [0.717, 1.165) is 23.2 Å². The minimum Gasteiger partial charge on any atom is -0.370 e. The number of pyridine rings is 2. The topological polar surface area (TPSA) is 95.6 Å². The lowest BCUT2D eigenvalue weighted by atomic mass is 10.1. The summed E-state index contributed by atoms with van der Waals surface area (Å²) in [6, 6.07) is 5.32. The van der Waals surface area contributed by atoms with Gasteiger partial charge in [-0.1, -0.05) is 6.07 Å². The van der Waals surface area contributed by atoms with Gasteiger partial charge in [0.1, 0.15) is 11.6 Å². The third-order valence-electron chi connectivity index (χ3n) is 4.22. The summed E-state index contributed by atoms with van der Waals surface area (Å²) >= 11 is 0. The highest BCUT2D eigenvalue weighted by Gasteiger charge is 2.05. The van der Waals surface area contributed by atoms with E-state index in [1.807, 2.05) is 19.1 Å². The first-order chi connectivity index (χ1) is 13.5. The van der Waals surface area contributed by atoms with Crippen molar-refractivity contribution < 1.29 is 4.39 Å². The van der Waals surface area contributed by atoms with Crippen molar-refractivity contribution in [1.82, 2.24) is 19.9 Å². The molecule has 0 radical (unpaired) electrons. The molecule has 0 aliphatic carbocycles. The van der Waals surface area contributed by atoms with E-state index < -0.39 is 0 Å². The second kappa shape index (κ2) is 9.07. The van der Waals surface area contributed by atoms with Gasteiger partial charge in [0, 0.05) is 43.2 Å². The first kappa shape index (κ1) is 19.5. The van der Waals surface area contributed by atoms with E-state index in [-0.39, 0.29) is 11.4 Å². The summed E-state index contributed by atoms with van der Waals surface area (Å²) in [4.78, 5) is 27.5. The van der Waals surface area contributed by atoms with Gasteiger partial charge in [-0.3, -0.25) is 14.8 Å². The summed E-state index contributed by atoms with van der Waals surface area (Å²) in [6.45, 7) is 5.01. The van der Waals surface area contributed by atoms with Crippen LogP contribution >= 0.6 is 0 Å². The Morgan fingerprint density at radius 1 is 1.04 bits per heavy atom. The smallest absolute Gasteiger partial charge is 0.255 e. The Balaban J connectivity index is 1.46. The minimum absolute atomic E-state index is 0.165. The molecule has 0 bridgehead atoms. The fraction of sp³-hybridized carbons (Fsp3) is 0.300. The molecule has 8 heteroatoms. The van der Waals surface area contributed by atoms with Crippen LogP contribution in [0.3, 0.4) is 0 Å². The van der Waals surface area contributed by atoms with Crippen LogP contribution in [0.2, 0.25) is 0 Å². The molecule has 0 aromatic carbocycles. The number of hydrogen-bond donors (Lipinski definition) is 3. The van der Waals surface area contributed by atoms with E-state index in [9.17, 15) is 9.18 Å². The Kier molecular flexibility index (Phi) is 6.31. The first-order valence-corrected chi connectivity index (χ1v) is 9.11. The number of nitrogens with zero attached hydrogens (tertiary/aromatic N) is 3. The number of nitrogens with one attached hydrogen (secondary N) is 3. The number of halogens is 1. The second-order valence-corrected chi connectivity index (χ2v) is 6.60. The zero-order chi connectivity index (χ0) is 19.9. The Bertz CT molecular complexity index is 987. The average Bonchev–Trinajstić information content (AvgIpc) is 2.67. The first-order valence-electron chi connectivity index (χ1n) is 9.11. The molecule has 3 aromatic rings. The molecule has 28 heavy (non-hydrogen) atoms. The Hall–Kier alpha value is -3.29. The van der Waals surface area contributed by atoms with Crippen LogP contribution in [0.15, 0.2) is 41.6 Å². The summed E-state index contributed by atoms with van der Waals surface area (Å²) in [5, 5.41) is 6.26. The van der Waals surface area contributed by atoms with Gasteiger partial charge in [0.25, 0.3) is 5.56 Å². The van der Waals surface area contributed by atoms with Gasteiger partial charge < -0.3 is 10.6 Å². The predicted octanol–water partition coefficient (Wildman–Crippen LogP) is 2.82. The average molecular weight is 382 g/mol. The number of aryl methyl sites for hydroxylation is 2. The van der Waals surface area contributed by atoms with Crippen LogP contribution in [0, 0.1) is 19.7 Å². The van der Waals surface area contributed by atoms with Crippen LogP contribution in [0.5, 0.6) is 0 Å². The van der Waals surface area contributed by atoms with Crippen LogP contribution in [-0.4, -0.2) is 33.0 Å². The molecule has 146 valence electrons. The number of anilines is 2. The lowest BCUT2D eigenvalue weighted by molar-refractivity contribution is 0.620. The lowest BCUT2D eigenvalue weighted by Crippen LogP contribution is -2.18. The molecule has 0 atom stereocenters. The van der Waals surface area contributed by atoms with Crippen LogP contribution in [0.1, 0.15) is 28.8 Å². The van der Waals surface area contributed by atoms with Gasteiger partial charge in [-0.15, -0.1) is 0 Å². The molecular weight excluding hydrogens is 359 g/mol. The van der Waals surface area contributed by atoms with Crippen molar-refractivity contribution in [2.45, 2.75) is 26.7 Å². The van der Waals surface area contributed by atoms with E-state index in [2.05, 4.69) is 30.6 Å². The predicted molar refractivity (Wildman–Crippen MR) is 107 cm³/mol. The number of rotatable bonds is 8. The van der Waals surface area contributed by atoms with Crippen molar-refractivity contribution in [3.05, 3.63) is 75.3 Å². The van der Waals surface area contributed by atoms with Gasteiger partial charge in [0.2, 0.25) is 5.95 Å². The minimum atomic E-state index is -0.346. The normalized spacial score (nSPS) is 10.7. The molecule has 3 heterocycles. The van der Waals surface area contributed by atoms with Crippen molar-refractivity contribution >= 4 is 11.8 Å². The Morgan fingerprint density at radius 2 is 1.86 bits per heavy atom. The zero-order valence-corrected chi connectivity index (χ0v) is 15.9. The van der Waals surface area contributed by atoms with Crippen molar-refractivity contribution in [3.8, 4) is 0 Å². The molecule has 0 spiro atoms. The van der Waals surface area contributed by atoms with Crippen LogP contribution in [0.25, 0.3) is 0 Å². The highest BCUT2D eigenvalue weighted by Crippen LogP contribution is 2.11. The van der Waals surface area contributed by atoms with Gasteiger partial charge in [-0.25, -0.2) is 14.4 Å². The third-order valence-corrected chi connectivity index (χ3v) is 4.22. The van der Waals surface area contributed by atoms with Gasteiger partial charge in [0.15, 0.2) is 0 Å². The molecule has 0 fully saturated rings. The van der Waals surface area contributed by atoms with Crippen LogP contribution in [-0.2, 0) is 6.42 Å². The van der Waals surface area contributed by atoms with E-state index in [1.54, 1.807) is 19.3 Å². The van der Waals surface area contributed by atoms with Crippen LogP contribution in [0.4, 0.5) is 16.2 Å². The monoisotopic (exact) mass is 382 g/mol. The molecule has 3 rings (SSSR count). The molecule has 0 amide bonds. The van der Waals surface area contributed by atoms with Gasteiger partial charge in [-0.05, 0) is 43.5 Å². The highest BCUT2D eigenvalue weighted by molar-refractivity contribution is 5.42. The van der Waals surface area contributed by atoms with E-state index >= 15 is 0 Å². The fourth-order valence-electron chi connectivity index (χ4n) is 2.69. The standard InChI is InChI=1S/C20H23FN6O/c1-13-8-17(21)12-25-18(13)22-6-3-7-23-20-26-11-16(19(28)27-20)9-15-5-4-14(2)24-10-15/h4-5,8,10-12H,3,6-7,9H2,1-2H3,(H,22,25)(H2,23,26,27,28). The Labute approximate surface area is 162 Å². The van der Waals surface area contributed by atoms with E-state index in [1.165, 1.54) is 12.3 Å². The van der Waals surface area contributed by atoms with Crippen molar-refractivity contribution in [1.29, 1.82) is 0 Å². The van der Waals surface area contributed by atoms with Gasteiger partial charge >= 0.3 is 0 Å². The van der Waals surface area contributed by atoms with Crippen molar-refractivity contribution in [2.75, 3.05) is 23.7 Å². The summed E-state index contributed by atoms with van der Waals surface area (Å²) < 4.78 is 13.0. The largest absolute Gasteiger partial charge is 0.370 e. The maximum absolute atomic E-state index is 13.0. The summed E-state index contributed by atoms with van der Waals surface area (Å²) in [5.41, 5.74) is 3.10. The molecule has 3 aromatic heterocycles. The molecule has 0 aliphatic heterocycles. The number of H-pyrrole nitrogens is 1. The quantitative estimate of drug-likeness (QED) is 0.519. The summed E-state index contributed by atoms with van der Waals surface area (Å²) in [7, 11) is 0. The second-order valence-electron chi connectivity index (χ2n) is 6.60. The molecule has 0 aliphatic rings. The van der Waals surface area contributed by atoms with E-state index in [0.29, 0.717) is 36.8 Å². The van der Waals surface area contributed by atoms with Gasteiger partial charge in [-0.2, -0.15) is 0 Å².